The second-order valence-electron chi connectivity index (χ2n) is 18.5. The van der Waals surface area contributed by atoms with Gasteiger partial charge in [0.1, 0.15) is 11.2 Å². The van der Waals surface area contributed by atoms with Gasteiger partial charge in [-0.1, -0.05) is 237 Å². The van der Waals surface area contributed by atoms with Crippen molar-refractivity contribution in [3.05, 3.63) is 279 Å². The number of aromatic nitrogens is 2. The van der Waals surface area contributed by atoms with Crippen LogP contribution in [0.5, 0.6) is 0 Å². The zero-order valence-corrected chi connectivity index (χ0v) is 39.9. The second-order valence-corrected chi connectivity index (χ2v) is 18.5. The van der Waals surface area contributed by atoms with Crippen molar-refractivity contribution in [3.8, 4) is 112 Å². The zero-order chi connectivity index (χ0) is 48.5. The highest BCUT2D eigenvalue weighted by Crippen LogP contribution is 2.40. The lowest BCUT2D eigenvalue weighted by Crippen LogP contribution is -1.97. The van der Waals surface area contributed by atoms with Crippen LogP contribution in [0.15, 0.2) is 283 Å². The van der Waals surface area contributed by atoms with Crippen molar-refractivity contribution in [1.29, 1.82) is 0 Å². The molecule has 2 aromatic heterocycles. The third-order valence-electron chi connectivity index (χ3n) is 13.9. The van der Waals surface area contributed by atoms with Crippen molar-refractivity contribution in [1.82, 2.24) is 9.97 Å². The van der Waals surface area contributed by atoms with Gasteiger partial charge in [0.25, 0.3) is 0 Å². The summed E-state index contributed by atoms with van der Waals surface area (Å²) in [5.41, 5.74) is 22.4. The van der Waals surface area contributed by atoms with E-state index in [1.54, 1.807) is 0 Å². The fourth-order valence-electron chi connectivity index (χ4n) is 10.2. The topological polar surface area (TPSA) is 38.9 Å². The Hall–Kier alpha value is -9.70. The van der Waals surface area contributed by atoms with Gasteiger partial charge in [-0.3, -0.25) is 0 Å². The lowest BCUT2D eigenvalue weighted by Gasteiger charge is -2.14. The van der Waals surface area contributed by atoms with Crippen LogP contribution >= 0.6 is 0 Å². The molecule has 0 saturated carbocycles. The number of fused-ring (bicyclic) bond motifs is 3. The molecule has 0 fully saturated rings. The van der Waals surface area contributed by atoms with Crippen molar-refractivity contribution in [2.24, 2.45) is 0 Å². The number of nitrogens with zero attached hydrogens (tertiary/aromatic N) is 2. The molecule has 11 aromatic carbocycles. The number of para-hydroxylation sites is 2. The average molecular weight is 931 g/mol. The van der Waals surface area contributed by atoms with E-state index in [9.17, 15) is 0 Å². The predicted molar refractivity (Wildman–Crippen MR) is 304 cm³/mol. The molecule has 3 nitrogen and oxygen atoms in total. The molecule has 73 heavy (non-hydrogen) atoms. The molecule has 0 spiro atoms. The first-order valence-corrected chi connectivity index (χ1v) is 24.8. The summed E-state index contributed by atoms with van der Waals surface area (Å²) in [5, 5.41) is 2.24. The molecular weight excluding hydrogens is 885 g/mol. The Morgan fingerprint density at radius 3 is 1.19 bits per heavy atom. The SMILES string of the molecule is c1ccc(-c2cccc(-c3cccc(-c4ccc(-c5cc(-c6ccccc6-c6cccc(-c7ccccc7)c6)nc(-c6cccc(-c7cccc(-c8cccc9c8oc8ccccc89)c7)c6)n5)cc4)c3)c2)cc1. The van der Waals surface area contributed by atoms with Gasteiger partial charge in [0, 0.05) is 33.0 Å². The predicted octanol–water partition coefficient (Wildman–Crippen LogP) is 19.0. The van der Waals surface area contributed by atoms with E-state index in [1.165, 1.54) is 33.4 Å². The van der Waals surface area contributed by atoms with Gasteiger partial charge in [0.15, 0.2) is 5.82 Å². The quantitative estimate of drug-likeness (QED) is 0.137. The standard InChI is InChI=1S/C70H46N2O/c1-3-17-47(18-4-1)51-21-11-24-54(41-51)55-25-12-22-52(42-55)49-37-39-50(40-38-49)66-46-67(63-32-8-7-31-61(63)58-28-13-23-53(43-58)48-19-5-2-6-20-48)72-70(71-66)60-30-15-27-57(45-60)56-26-14-29-59(44-56)62-34-16-35-65-64-33-9-10-36-68(64)73-69(62)65/h1-46H. The van der Waals surface area contributed by atoms with Crippen molar-refractivity contribution in [2.75, 3.05) is 0 Å². The van der Waals surface area contributed by atoms with E-state index in [1.807, 2.05) is 12.1 Å². The van der Waals surface area contributed by atoms with Crippen LogP contribution < -0.4 is 0 Å². The third-order valence-corrected chi connectivity index (χ3v) is 13.9. The molecule has 0 N–H and O–H groups in total. The number of hydrogen-bond acceptors (Lipinski definition) is 3. The van der Waals surface area contributed by atoms with Gasteiger partial charge in [0.2, 0.25) is 0 Å². The van der Waals surface area contributed by atoms with Crippen LogP contribution in [0, 0.1) is 0 Å². The van der Waals surface area contributed by atoms with Crippen LogP contribution in [-0.4, -0.2) is 9.97 Å². The van der Waals surface area contributed by atoms with Crippen molar-refractivity contribution in [2.45, 2.75) is 0 Å². The van der Waals surface area contributed by atoms with E-state index in [0.29, 0.717) is 5.82 Å². The smallest absolute Gasteiger partial charge is 0.160 e. The number of benzene rings is 11. The summed E-state index contributed by atoms with van der Waals surface area (Å²) in [5.74, 6) is 0.653. The van der Waals surface area contributed by atoms with Gasteiger partial charge in [-0.25, -0.2) is 9.97 Å². The Balaban J connectivity index is 0.891. The fourth-order valence-corrected chi connectivity index (χ4v) is 10.2. The maximum atomic E-state index is 6.47. The first-order chi connectivity index (χ1) is 36.1. The molecule has 3 heteroatoms. The molecular formula is C70H46N2O. The van der Waals surface area contributed by atoms with E-state index >= 15 is 0 Å². The van der Waals surface area contributed by atoms with Crippen LogP contribution in [0.1, 0.15) is 0 Å². The lowest BCUT2D eigenvalue weighted by atomic mass is 9.93. The molecule has 0 unspecified atom stereocenters. The molecule has 0 amide bonds. The molecule has 342 valence electrons. The second kappa shape index (κ2) is 18.9. The molecule has 13 aromatic rings. The highest BCUT2D eigenvalue weighted by atomic mass is 16.3. The first-order valence-electron chi connectivity index (χ1n) is 24.8. The largest absolute Gasteiger partial charge is 0.455 e. The van der Waals surface area contributed by atoms with Crippen LogP contribution in [0.4, 0.5) is 0 Å². The number of hydrogen-bond donors (Lipinski definition) is 0. The third kappa shape index (κ3) is 8.60. The minimum Gasteiger partial charge on any atom is -0.455 e. The van der Waals surface area contributed by atoms with Gasteiger partial charge in [0.05, 0.1) is 11.4 Å². The molecule has 0 aliphatic heterocycles. The van der Waals surface area contributed by atoms with Gasteiger partial charge in [-0.2, -0.15) is 0 Å². The molecule has 13 rings (SSSR count). The van der Waals surface area contributed by atoms with E-state index in [0.717, 1.165) is 94.5 Å². The molecule has 0 saturated heterocycles. The summed E-state index contributed by atoms with van der Waals surface area (Å²) in [6.07, 6.45) is 0. The van der Waals surface area contributed by atoms with Crippen LogP contribution in [0.25, 0.3) is 134 Å². The first kappa shape index (κ1) is 43.3. The van der Waals surface area contributed by atoms with E-state index in [-0.39, 0.29) is 0 Å². The van der Waals surface area contributed by atoms with E-state index in [2.05, 4.69) is 267 Å². The van der Waals surface area contributed by atoms with Gasteiger partial charge in [-0.05, 0) is 115 Å². The van der Waals surface area contributed by atoms with E-state index < -0.39 is 0 Å². The van der Waals surface area contributed by atoms with Crippen molar-refractivity contribution >= 4 is 21.9 Å². The van der Waals surface area contributed by atoms with Crippen LogP contribution in [0.2, 0.25) is 0 Å². The molecule has 0 aliphatic carbocycles. The zero-order valence-electron chi connectivity index (χ0n) is 39.9. The summed E-state index contributed by atoms with van der Waals surface area (Å²) in [4.78, 5) is 10.8. The number of rotatable bonds is 10. The fraction of sp³-hybridized carbons (Fsp3) is 0. The van der Waals surface area contributed by atoms with E-state index in [4.69, 9.17) is 14.4 Å². The number of furan rings is 1. The Morgan fingerprint density at radius 1 is 0.219 bits per heavy atom. The molecule has 0 radical (unpaired) electrons. The Labute approximate surface area is 425 Å². The van der Waals surface area contributed by atoms with Gasteiger partial charge in [-0.15, -0.1) is 0 Å². The lowest BCUT2D eigenvalue weighted by molar-refractivity contribution is 0.670. The summed E-state index contributed by atoms with van der Waals surface area (Å²) in [6.45, 7) is 0. The summed E-state index contributed by atoms with van der Waals surface area (Å²) in [7, 11) is 0. The highest BCUT2D eigenvalue weighted by Gasteiger charge is 2.17. The molecule has 0 aliphatic rings. The maximum Gasteiger partial charge on any atom is 0.160 e. The van der Waals surface area contributed by atoms with Gasteiger partial charge < -0.3 is 4.42 Å². The monoisotopic (exact) mass is 930 g/mol. The summed E-state index contributed by atoms with van der Waals surface area (Å²) in [6, 6.07) is 98.9. The minimum absolute atomic E-state index is 0.653. The molecule has 0 atom stereocenters. The molecule has 2 heterocycles. The highest BCUT2D eigenvalue weighted by molar-refractivity contribution is 6.09. The Bertz CT molecular complexity index is 4140. The Kier molecular flexibility index (Phi) is 11.2. The normalized spacial score (nSPS) is 11.3. The summed E-state index contributed by atoms with van der Waals surface area (Å²) >= 11 is 0. The minimum atomic E-state index is 0.653. The van der Waals surface area contributed by atoms with Crippen LogP contribution in [0.3, 0.4) is 0 Å². The summed E-state index contributed by atoms with van der Waals surface area (Å²) < 4.78 is 6.47. The van der Waals surface area contributed by atoms with Crippen molar-refractivity contribution < 1.29 is 4.42 Å². The Morgan fingerprint density at radius 2 is 0.589 bits per heavy atom. The average Bonchev–Trinajstić information content (AvgIpc) is 3.87. The van der Waals surface area contributed by atoms with Gasteiger partial charge >= 0.3 is 0 Å². The van der Waals surface area contributed by atoms with Crippen molar-refractivity contribution in [3.63, 3.8) is 0 Å². The maximum absolute atomic E-state index is 6.47. The molecule has 0 bridgehead atoms. The van der Waals surface area contributed by atoms with Crippen LogP contribution in [-0.2, 0) is 0 Å².